The number of phenolic OH excluding ortho intramolecular Hbond substituents is 1. The van der Waals surface area contributed by atoms with Crippen LogP contribution in [-0.4, -0.2) is 101 Å². The van der Waals surface area contributed by atoms with Crippen molar-refractivity contribution >= 4 is 52.9 Å². The summed E-state index contributed by atoms with van der Waals surface area (Å²) in [4.78, 5) is 94.8. The molecule has 0 fully saturated rings. The lowest BCUT2D eigenvalue weighted by molar-refractivity contribution is -0.141. The second-order valence-electron chi connectivity index (χ2n) is 15.4. The number of aromatic hydroxyl groups is 1. The highest BCUT2D eigenvalue weighted by Crippen LogP contribution is 2.39. The predicted octanol–water partition coefficient (Wildman–Crippen LogP) is 3.91. The normalized spacial score (nSPS) is 17.1. The van der Waals surface area contributed by atoms with Crippen molar-refractivity contribution < 1.29 is 48.5 Å². The van der Waals surface area contributed by atoms with E-state index in [0.717, 1.165) is 16.0 Å². The largest absolute Gasteiger partial charge is 0.507 e. The minimum atomic E-state index is -1.48. The fourth-order valence-corrected chi connectivity index (χ4v) is 7.13. The van der Waals surface area contributed by atoms with Crippen LogP contribution in [0.2, 0.25) is 5.02 Å². The molecule has 0 saturated carbocycles. The number of likely N-dealkylation sites (N-methyl/N-ethyl adjacent to an activating group) is 1. The molecular formula is C46H51ClN6O10. The number of phenols is 1. The number of nitrogens with two attached hydrogens (primary N) is 1. The van der Waals surface area contributed by atoms with Gasteiger partial charge in [0.2, 0.25) is 23.6 Å². The number of nitrogens with zero attached hydrogens (tertiary/aromatic N) is 1. The number of ether oxygens (including phenoxy) is 1. The van der Waals surface area contributed by atoms with Crippen LogP contribution in [-0.2, 0) is 35.2 Å². The van der Waals surface area contributed by atoms with Crippen LogP contribution in [0, 0.1) is 0 Å². The van der Waals surface area contributed by atoms with Crippen molar-refractivity contribution in [2.45, 2.75) is 76.7 Å². The predicted molar refractivity (Wildman–Crippen MR) is 235 cm³/mol. The summed E-state index contributed by atoms with van der Waals surface area (Å²) in [6.07, 6.45) is 1.02. The number of hydrogen-bond acceptors (Lipinski definition) is 10. The summed E-state index contributed by atoms with van der Waals surface area (Å²) in [7, 11) is 1.37. The van der Waals surface area contributed by atoms with E-state index in [-0.39, 0.29) is 52.4 Å². The molecule has 1 heterocycles. The number of carboxylic acid groups (broad SMARTS) is 1. The van der Waals surface area contributed by atoms with Gasteiger partial charge in [0.15, 0.2) is 12.4 Å². The van der Waals surface area contributed by atoms with Crippen LogP contribution in [0.5, 0.6) is 11.5 Å². The molecule has 5 amide bonds. The van der Waals surface area contributed by atoms with Gasteiger partial charge in [-0.15, -0.1) is 0 Å². The number of rotatable bonds is 15. The Kier molecular flexibility index (Phi) is 16.0. The van der Waals surface area contributed by atoms with Crippen molar-refractivity contribution in [1.82, 2.24) is 26.2 Å². The van der Waals surface area contributed by atoms with Gasteiger partial charge in [0.25, 0.3) is 5.91 Å². The summed E-state index contributed by atoms with van der Waals surface area (Å²) in [5.74, 6) is -5.36. The number of aliphatic carboxylic acids is 1. The molecule has 0 radical (unpaired) electrons. The first kappa shape index (κ1) is 47.3. The van der Waals surface area contributed by atoms with Crippen LogP contribution in [0.25, 0.3) is 22.3 Å². The molecule has 63 heavy (non-hydrogen) atoms. The summed E-state index contributed by atoms with van der Waals surface area (Å²) in [5.41, 5.74) is 8.65. The van der Waals surface area contributed by atoms with Crippen molar-refractivity contribution in [3.63, 3.8) is 0 Å². The summed E-state index contributed by atoms with van der Waals surface area (Å²) in [5, 5.41) is 32.0. The monoisotopic (exact) mass is 882 g/mol. The molecule has 8 N–H and O–H groups in total. The highest BCUT2D eigenvalue weighted by molar-refractivity contribution is 6.30. The van der Waals surface area contributed by atoms with Crippen LogP contribution in [0.1, 0.15) is 67.6 Å². The van der Waals surface area contributed by atoms with E-state index in [2.05, 4.69) is 21.3 Å². The Bertz CT molecular complexity index is 2360. The van der Waals surface area contributed by atoms with E-state index >= 15 is 0 Å². The van der Waals surface area contributed by atoms with Gasteiger partial charge in [-0.1, -0.05) is 48.0 Å². The number of unbranched alkanes of at least 4 members (excludes halogenated alkanes) is 1. The fourth-order valence-electron chi connectivity index (χ4n) is 7.01. The summed E-state index contributed by atoms with van der Waals surface area (Å²) >= 11 is 6.04. The Balaban J connectivity index is 1.55. The van der Waals surface area contributed by atoms with Gasteiger partial charge in [0.1, 0.15) is 35.7 Å². The van der Waals surface area contributed by atoms with Gasteiger partial charge in [-0.2, -0.15) is 0 Å². The zero-order valence-electron chi connectivity index (χ0n) is 35.3. The Hall–Kier alpha value is -6.78. The maximum Gasteiger partial charge on any atom is 0.341 e. The number of halogens is 1. The quantitative estimate of drug-likeness (QED) is 0.0844. The maximum absolute atomic E-state index is 14.6. The number of hydrogen-bond donors (Lipinski definition) is 7. The number of amides is 5. The molecule has 4 bridgehead atoms. The highest BCUT2D eigenvalue weighted by atomic mass is 35.5. The van der Waals surface area contributed by atoms with Crippen molar-refractivity contribution in [2.24, 2.45) is 5.73 Å². The van der Waals surface area contributed by atoms with Crippen LogP contribution in [0.3, 0.4) is 0 Å². The van der Waals surface area contributed by atoms with E-state index in [0.29, 0.717) is 30.0 Å². The number of ketones is 1. The molecule has 1 aliphatic heterocycles. The molecule has 4 aromatic carbocycles. The van der Waals surface area contributed by atoms with E-state index in [1.165, 1.54) is 52.1 Å². The van der Waals surface area contributed by atoms with Gasteiger partial charge in [-0.05, 0) is 117 Å². The maximum atomic E-state index is 14.6. The van der Waals surface area contributed by atoms with E-state index in [9.17, 15) is 43.8 Å². The molecule has 5 atom stereocenters. The summed E-state index contributed by atoms with van der Waals surface area (Å²) in [6, 6.07) is 16.7. The Labute approximate surface area is 369 Å². The highest BCUT2D eigenvalue weighted by Gasteiger charge is 2.36. The minimum absolute atomic E-state index is 0.0267. The van der Waals surface area contributed by atoms with Crippen molar-refractivity contribution in [3.8, 4) is 33.8 Å². The van der Waals surface area contributed by atoms with Gasteiger partial charge in [-0.3, -0.25) is 28.8 Å². The fraction of sp³-hybridized carbons (Fsp3) is 0.326. The number of carboxylic acids is 1. The molecule has 0 saturated heterocycles. The molecule has 16 nitrogen and oxygen atoms in total. The van der Waals surface area contributed by atoms with Crippen LogP contribution < -0.4 is 31.7 Å². The first-order valence-corrected chi connectivity index (χ1v) is 20.7. The summed E-state index contributed by atoms with van der Waals surface area (Å²) in [6.45, 7) is 3.77. The van der Waals surface area contributed by atoms with Gasteiger partial charge in [0.05, 0.1) is 6.04 Å². The Morgan fingerprint density at radius 2 is 1.56 bits per heavy atom. The van der Waals surface area contributed by atoms with Crippen molar-refractivity contribution in [3.05, 3.63) is 107 Å². The second-order valence-corrected chi connectivity index (χ2v) is 15.8. The summed E-state index contributed by atoms with van der Waals surface area (Å²) < 4.78 is 5.61. The van der Waals surface area contributed by atoms with Crippen LogP contribution in [0.4, 0.5) is 0 Å². The molecular weight excluding hydrogens is 832 g/mol. The van der Waals surface area contributed by atoms with Gasteiger partial charge in [0, 0.05) is 35.2 Å². The zero-order chi connectivity index (χ0) is 46.0. The molecule has 0 aliphatic carbocycles. The number of benzene rings is 4. The molecule has 17 heteroatoms. The molecule has 0 spiro atoms. The van der Waals surface area contributed by atoms with E-state index in [1.54, 1.807) is 48.5 Å². The molecule has 1 aliphatic rings. The molecule has 5 unspecified atom stereocenters. The Morgan fingerprint density at radius 1 is 0.889 bits per heavy atom. The standard InChI is InChI=1S/C46H51ClN6O10/c1-25(27(3)54)49-44(60)37-22-28-8-19-39(63-24-40(56)57)35(21-28)34-23-32(15-18-38(34)55)41(45(61)50-26(2)42(58)52-37)53(4)46(62)36(7-5-6-20-48)51-43(59)31-11-9-29(10-12-31)30-13-16-33(47)17-14-30/h8-19,21,23,25-26,36-37,41,55H,5-7,20,22,24,48H2,1-4H3,(H,49,60)(H,50,61)(H,51,59)(H,52,58)(H,56,57). The number of fused-ring (bicyclic) bond motifs is 5. The first-order valence-electron chi connectivity index (χ1n) is 20.3. The number of carbonyl (C=O) groups is 7. The van der Waals surface area contributed by atoms with Crippen molar-refractivity contribution in [1.29, 1.82) is 0 Å². The third-order valence-corrected chi connectivity index (χ3v) is 10.9. The zero-order valence-corrected chi connectivity index (χ0v) is 36.0. The van der Waals surface area contributed by atoms with E-state index in [4.69, 9.17) is 22.1 Å². The molecule has 332 valence electrons. The lowest BCUT2D eigenvalue weighted by Gasteiger charge is -2.32. The molecule has 4 aromatic rings. The third kappa shape index (κ3) is 12.2. The molecule has 0 aromatic heterocycles. The third-order valence-electron chi connectivity index (χ3n) is 10.7. The smallest absolute Gasteiger partial charge is 0.341 e. The number of nitrogens with one attached hydrogen (secondary N) is 4. The molecule has 5 rings (SSSR count). The first-order chi connectivity index (χ1) is 30.0. The number of Topliss-reactive ketones (excluding diaryl/α,β-unsaturated/α-hetero) is 1. The van der Waals surface area contributed by atoms with Gasteiger partial charge < -0.3 is 46.9 Å². The van der Waals surface area contributed by atoms with E-state index in [1.807, 2.05) is 12.1 Å². The van der Waals surface area contributed by atoms with Gasteiger partial charge in [-0.25, -0.2) is 4.79 Å². The second kappa shape index (κ2) is 21.3. The van der Waals surface area contributed by atoms with E-state index < -0.39 is 72.3 Å². The van der Waals surface area contributed by atoms with Crippen LogP contribution in [0.15, 0.2) is 84.9 Å². The Morgan fingerprint density at radius 3 is 2.19 bits per heavy atom. The SMILES string of the molecule is CC(=O)C(C)NC(=O)C1Cc2ccc(OCC(=O)O)c(c2)-c2cc(ccc2O)C(N(C)C(=O)C(CCCCN)NC(=O)c2ccc(-c3ccc(Cl)cc3)cc2)C(=O)NC(C)C(=O)N1. The topological polar surface area (TPSA) is 247 Å². The average molecular weight is 883 g/mol. The lowest BCUT2D eigenvalue weighted by Crippen LogP contribution is -2.56. The minimum Gasteiger partial charge on any atom is -0.507 e. The number of carbonyl (C=O) groups excluding carboxylic acids is 6. The van der Waals surface area contributed by atoms with Gasteiger partial charge >= 0.3 is 5.97 Å². The average Bonchev–Trinajstić information content (AvgIpc) is 3.25. The van der Waals surface area contributed by atoms with Crippen molar-refractivity contribution in [2.75, 3.05) is 20.2 Å². The van der Waals surface area contributed by atoms with Crippen LogP contribution >= 0.6 is 11.6 Å². The lowest BCUT2D eigenvalue weighted by atomic mass is 9.93.